The van der Waals surface area contributed by atoms with E-state index in [1.54, 1.807) is 0 Å². The van der Waals surface area contributed by atoms with Crippen molar-refractivity contribution in [2.24, 2.45) is 7.05 Å². The quantitative estimate of drug-likeness (QED) is 0.842. The Morgan fingerprint density at radius 2 is 2.05 bits per heavy atom. The number of aryl methyl sites for hydroxylation is 1. The summed E-state index contributed by atoms with van der Waals surface area (Å²) in [5.41, 5.74) is 0.139. The van der Waals surface area contributed by atoms with Crippen molar-refractivity contribution >= 4 is 35.4 Å². The Balaban J connectivity index is 2.77. The largest absolute Gasteiger partial charge is 0.452 e. The third kappa shape index (κ3) is 3.14. The summed E-state index contributed by atoms with van der Waals surface area (Å²) in [6.45, 7) is 1.23. The molecule has 0 saturated carbocycles. The fraction of sp³-hybridized carbons (Fsp3) is 0.250. The highest BCUT2D eigenvalue weighted by Crippen LogP contribution is 2.33. The van der Waals surface area contributed by atoms with Gasteiger partial charge in [-0.25, -0.2) is 4.68 Å². The summed E-state index contributed by atoms with van der Waals surface area (Å²) in [4.78, 5) is 11.2. The minimum atomic E-state index is -4.71. The van der Waals surface area contributed by atoms with Crippen LogP contribution in [0.25, 0.3) is 5.69 Å². The Kier molecular flexibility index (Phi) is 4.30. The maximum Gasteiger partial charge on any atom is 0.452 e. The van der Waals surface area contributed by atoms with E-state index >= 15 is 0 Å². The van der Waals surface area contributed by atoms with Crippen LogP contribution < -0.4 is 5.32 Å². The Bertz CT molecular complexity index is 797. The van der Waals surface area contributed by atoms with Crippen molar-refractivity contribution < 1.29 is 18.0 Å². The lowest BCUT2D eigenvalue weighted by molar-refractivity contribution is -0.146. The zero-order valence-electron chi connectivity index (χ0n) is 11.4. The second-order valence-corrected chi connectivity index (χ2v) is 5.21. The van der Waals surface area contributed by atoms with Crippen LogP contribution in [0.2, 0.25) is 5.02 Å². The van der Waals surface area contributed by atoms with Gasteiger partial charge >= 0.3 is 6.18 Å². The lowest BCUT2D eigenvalue weighted by atomic mass is 10.2. The number of carbonyl (C=O) groups excluding carboxylic acids is 1. The maximum absolute atomic E-state index is 13.1. The molecule has 0 bridgehead atoms. The van der Waals surface area contributed by atoms with Crippen LogP contribution in [0, 0.1) is 4.77 Å². The highest BCUT2D eigenvalue weighted by molar-refractivity contribution is 7.71. The molecular formula is C12H10ClF3N4OS. The van der Waals surface area contributed by atoms with Crippen LogP contribution in [-0.2, 0) is 18.0 Å². The number of aromatic nitrogens is 3. The summed E-state index contributed by atoms with van der Waals surface area (Å²) < 4.78 is 40.9. The normalized spacial score (nSPS) is 11.5. The minimum Gasteiger partial charge on any atom is -0.324 e. The summed E-state index contributed by atoms with van der Waals surface area (Å²) in [5.74, 6) is -1.64. The first-order valence-electron chi connectivity index (χ1n) is 5.92. The second-order valence-electron chi connectivity index (χ2n) is 4.41. The first kappa shape index (κ1) is 16.5. The molecule has 0 aliphatic rings. The van der Waals surface area contributed by atoms with Gasteiger partial charge in [0, 0.05) is 19.0 Å². The highest BCUT2D eigenvalue weighted by Gasteiger charge is 2.38. The summed E-state index contributed by atoms with van der Waals surface area (Å²) in [5, 5.41) is 6.10. The highest BCUT2D eigenvalue weighted by atomic mass is 35.5. The maximum atomic E-state index is 13.1. The first-order chi connectivity index (χ1) is 10.1. The standard InChI is InChI=1S/C12H10ClF3N4OS/c1-6(21)17-8-5-7(13)3-4-9(8)20-10(12(14,15)16)18-19(2)11(20)22/h3-5H,1-2H3,(H,17,21). The van der Waals surface area contributed by atoms with Gasteiger partial charge in [0.15, 0.2) is 0 Å². The van der Waals surface area contributed by atoms with Crippen molar-refractivity contribution in [1.29, 1.82) is 0 Å². The van der Waals surface area contributed by atoms with E-state index in [-0.39, 0.29) is 21.2 Å². The van der Waals surface area contributed by atoms with E-state index in [9.17, 15) is 18.0 Å². The van der Waals surface area contributed by atoms with Gasteiger partial charge in [-0.05, 0) is 30.4 Å². The SMILES string of the molecule is CC(=O)Nc1cc(Cl)ccc1-n1c(C(F)(F)F)nn(C)c1=S. The molecule has 10 heteroatoms. The van der Waals surface area contributed by atoms with Gasteiger partial charge in [0.25, 0.3) is 0 Å². The van der Waals surface area contributed by atoms with Gasteiger partial charge in [-0.15, -0.1) is 5.10 Å². The number of hydrogen-bond donors (Lipinski definition) is 1. The van der Waals surface area contributed by atoms with E-state index in [2.05, 4.69) is 10.4 Å². The molecule has 0 aliphatic heterocycles. The molecule has 0 atom stereocenters. The first-order valence-corrected chi connectivity index (χ1v) is 6.70. The van der Waals surface area contributed by atoms with Crippen molar-refractivity contribution in [1.82, 2.24) is 14.3 Å². The summed E-state index contributed by atoms with van der Waals surface area (Å²) in [6, 6.07) is 4.07. The number of hydrogen-bond acceptors (Lipinski definition) is 3. The lowest BCUT2D eigenvalue weighted by Crippen LogP contribution is -2.16. The smallest absolute Gasteiger partial charge is 0.324 e. The number of anilines is 1. The predicted octanol–water partition coefficient (Wildman–Crippen LogP) is 3.57. The van der Waals surface area contributed by atoms with Gasteiger partial charge in [-0.2, -0.15) is 13.2 Å². The van der Waals surface area contributed by atoms with Gasteiger partial charge in [-0.3, -0.25) is 9.36 Å². The van der Waals surface area contributed by atoms with E-state index in [1.165, 1.54) is 32.2 Å². The van der Waals surface area contributed by atoms with Crippen molar-refractivity contribution in [3.8, 4) is 5.69 Å². The molecule has 22 heavy (non-hydrogen) atoms. The molecule has 1 aromatic carbocycles. The number of rotatable bonds is 2. The van der Waals surface area contributed by atoms with Gasteiger partial charge in [0.05, 0.1) is 11.4 Å². The fourth-order valence-electron chi connectivity index (χ4n) is 1.86. The number of halogens is 4. The van der Waals surface area contributed by atoms with Gasteiger partial charge < -0.3 is 5.32 Å². The topological polar surface area (TPSA) is 51.9 Å². The zero-order chi connectivity index (χ0) is 16.7. The number of carbonyl (C=O) groups is 1. The monoisotopic (exact) mass is 350 g/mol. The molecular weight excluding hydrogens is 341 g/mol. The van der Waals surface area contributed by atoms with Crippen LogP contribution in [0.3, 0.4) is 0 Å². The van der Waals surface area contributed by atoms with Crippen molar-refractivity contribution in [3.63, 3.8) is 0 Å². The van der Waals surface area contributed by atoms with Crippen LogP contribution in [0.5, 0.6) is 0 Å². The fourth-order valence-corrected chi connectivity index (χ4v) is 2.26. The molecule has 0 saturated heterocycles. The summed E-state index contributed by atoms with van der Waals surface area (Å²) >= 11 is 10.8. The molecule has 0 radical (unpaired) electrons. The number of alkyl halides is 3. The van der Waals surface area contributed by atoms with Crippen LogP contribution in [-0.4, -0.2) is 20.3 Å². The van der Waals surface area contributed by atoms with E-state index in [0.29, 0.717) is 0 Å². The molecule has 0 fully saturated rings. The van der Waals surface area contributed by atoms with E-state index < -0.39 is 17.9 Å². The molecule has 0 aliphatic carbocycles. The zero-order valence-corrected chi connectivity index (χ0v) is 13.0. The average Bonchev–Trinajstić information content (AvgIpc) is 2.66. The molecule has 2 rings (SSSR count). The van der Waals surface area contributed by atoms with Gasteiger partial charge in [0.2, 0.25) is 16.5 Å². The molecule has 1 amide bonds. The molecule has 1 N–H and O–H groups in total. The second kappa shape index (κ2) is 5.73. The minimum absolute atomic E-state index is 0.0324. The molecule has 1 heterocycles. The van der Waals surface area contributed by atoms with Gasteiger partial charge in [-0.1, -0.05) is 11.6 Å². The Labute approximate surface area is 133 Å². The molecule has 1 aromatic heterocycles. The van der Waals surface area contributed by atoms with Crippen LogP contribution in [0.15, 0.2) is 18.2 Å². The molecule has 0 unspecified atom stereocenters. The Hall–Kier alpha value is -1.87. The summed E-state index contributed by atoms with van der Waals surface area (Å²) in [7, 11) is 1.31. The Morgan fingerprint density at radius 3 is 2.59 bits per heavy atom. The third-order valence-corrected chi connectivity index (χ3v) is 3.37. The third-order valence-electron chi connectivity index (χ3n) is 2.69. The van der Waals surface area contributed by atoms with Crippen molar-refractivity contribution in [2.75, 3.05) is 5.32 Å². The van der Waals surface area contributed by atoms with Crippen LogP contribution >= 0.6 is 23.8 Å². The van der Waals surface area contributed by atoms with E-state index in [4.69, 9.17) is 23.8 Å². The number of amides is 1. The summed E-state index contributed by atoms with van der Waals surface area (Å²) in [6.07, 6.45) is -4.71. The lowest BCUT2D eigenvalue weighted by Gasteiger charge is -2.14. The number of benzene rings is 1. The molecule has 0 spiro atoms. The average molecular weight is 351 g/mol. The molecule has 2 aromatic rings. The molecule has 5 nitrogen and oxygen atoms in total. The Morgan fingerprint density at radius 1 is 1.41 bits per heavy atom. The van der Waals surface area contributed by atoms with Crippen molar-refractivity contribution in [2.45, 2.75) is 13.1 Å². The van der Waals surface area contributed by atoms with E-state index in [0.717, 1.165) is 9.25 Å². The van der Waals surface area contributed by atoms with E-state index in [1.807, 2.05) is 0 Å². The van der Waals surface area contributed by atoms with Crippen molar-refractivity contribution in [3.05, 3.63) is 33.8 Å². The molecule has 118 valence electrons. The predicted molar refractivity (Wildman–Crippen MR) is 77.7 cm³/mol. The van der Waals surface area contributed by atoms with Crippen LogP contribution in [0.1, 0.15) is 12.7 Å². The van der Waals surface area contributed by atoms with Crippen LogP contribution in [0.4, 0.5) is 18.9 Å². The number of nitrogens with one attached hydrogen (secondary N) is 1. The van der Waals surface area contributed by atoms with Gasteiger partial charge in [0.1, 0.15) is 0 Å². The number of nitrogens with zero attached hydrogens (tertiary/aromatic N) is 3.